The highest BCUT2D eigenvalue weighted by Gasteiger charge is 2.33. The molecule has 0 aliphatic carbocycles. The summed E-state index contributed by atoms with van der Waals surface area (Å²) >= 11 is 1.57. The standard InChI is InChI=1S/C9H6F3IO2/c10-9(11,12)6-3-5(4-8(14)15)1-2-7(6)13/h1-3H,4H2,(H,14,15). The zero-order valence-electron chi connectivity index (χ0n) is 7.31. The first-order valence-electron chi connectivity index (χ1n) is 3.88. The molecule has 6 heteroatoms. The number of hydrogen-bond donors (Lipinski definition) is 1. The Morgan fingerprint density at radius 3 is 2.47 bits per heavy atom. The summed E-state index contributed by atoms with van der Waals surface area (Å²) in [6.07, 6.45) is -4.84. The molecule has 0 spiro atoms. The Balaban J connectivity index is 3.11. The van der Waals surface area contributed by atoms with Gasteiger partial charge in [0.05, 0.1) is 12.0 Å². The number of rotatable bonds is 2. The quantitative estimate of drug-likeness (QED) is 0.847. The maximum absolute atomic E-state index is 12.4. The lowest BCUT2D eigenvalue weighted by Gasteiger charge is -2.10. The Kier molecular flexibility index (Phi) is 3.58. The van der Waals surface area contributed by atoms with Gasteiger partial charge < -0.3 is 5.11 Å². The van der Waals surface area contributed by atoms with E-state index in [1.165, 1.54) is 12.1 Å². The van der Waals surface area contributed by atoms with Gasteiger partial charge in [0.25, 0.3) is 0 Å². The first kappa shape index (κ1) is 12.3. The molecule has 0 fully saturated rings. The Morgan fingerprint density at radius 1 is 1.40 bits per heavy atom. The molecule has 0 saturated carbocycles. The van der Waals surface area contributed by atoms with Crippen LogP contribution in [0.5, 0.6) is 0 Å². The van der Waals surface area contributed by atoms with Gasteiger partial charge in [-0.15, -0.1) is 0 Å². The molecule has 0 aliphatic heterocycles. The van der Waals surface area contributed by atoms with Crippen LogP contribution in [0.15, 0.2) is 18.2 Å². The van der Waals surface area contributed by atoms with Gasteiger partial charge in [-0.2, -0.15) is 13.2 Å². The van der Waals surface area contributed by atoms with Crippen LogP contribution in [-0.4, -0.2) is 11.1 Å². The van der Waals surface area contributed by atoms with Gasteiger partial charge in [0, 0.05) is 3.57 Å². The molecule has 0 amide bonds. The molecule has 2 nitrogen and oxygen atoms in total. The van der Waals surface area contributed by atoms with Crippen LogP contribution in [0.1, 0.15) is 11.1 Å². The number of carboxylic acid groups (broad SMARTS) is 1. The largest absolute Gasteiger partial charge is 0.481 e. The fourth-order valence-electron chi connectivity index (χ4n) is 1.07. The van der Waals surface area contributed by atoms with Gasteiger partial charge >= 0.3 is 12.1 Å². The summed E-state index contributed by atoms with van der Waals surface area (Å²) in [4.78, 5) is 10.3. The summed E-state index contributed by atoms with van der Waals surface area (Å²) in [5.74, 6) is -1.15. The van der Waals surface area contributed by atoms with Crippen molar-refractivity contribution in [1.82, 2.24) is 0 Å². The molecule has 0 aliphatic rings. The lowest BCUT2D eigenvalue weighted by Crippen LogP contribution is -2.09. The van der Waals surface area contributed by atoms with Crippen LogP contribution in [0.4, 0.5) is 13.2 Å². The van der Waals surface area contributed by atoms with Gasteiger partial charge in [-0.05, 0) is 40.3 Å². The number of halogens is 4. The number of carbonyl (C=O) groups is 1. The van der Waals surface area contributed by atoms with Crippen LogP contribution >= 0.6 is 22.6 Å². The third-order valence-corrected chi connectivity index (χ3v) is 2.63. The van der Waals surface area contributed by atoms with Crippen LogP contribution in [0.3, 0.4) is 0 Å². The smallest absolute Gasteiger partial charge is 0.417 e. The summed E-state index contributed by atoms with van der Waals surface area (Å²) in [5, 5.41) is 8.45. The molecule has 0 aromatic heterocycles. The second kappa shape index (κ2) is 4.38. The van der Waals surface area contributed by atoms with Gasteiger partial charge in [-0.25, -0.2) is 0 Å². The SMILES string of the molecule is O=C(O)Cc1ccc(I)c(C(F)(F)F)c1. The molecule has 0 atom stereocenters. The number of benzene rings is 1. The fourth-order valence-corrected chi connectivity index (χ4v) is 1.72. The second-order valence-electron chi connectivity index (χ2n) is 2.88. The van der Waals surface area contributed by atoms with Gasteiger partial charge in [0.15, 0.2) is 0 Å². The number of carboxylic acids is 1. The number of alkyl halides is 3. The van der Waals surface area contributed by atoms with Crippen LogP contribution in [-0.2, 0) is 17.4 Å². The van der Waals surface area contributed by atoms with Crippen molar-refractivity contribution in [2.75, 3.05) is 0 Å². The van der Waals surface area contributed by atoms with Crippen molar-refractivity contribution in [3.8, 4) is 0 Å². The lowest BCUT2D eigenvalue weighted by atomic mass is 10.1. The summed E-state index contributed by atoms with van der Waals surface area (Å²) in [5.41, 5.74) is -0.642. The molecule has 1 N–H and O–H groups in total. The van der Waals surface area contributed by atoms with Gasteiger partial charge in [0.2, 0.25) is 0 Å². The molecule has 0 bridgehead atoms. The summed E-state index contributed by atoms with van der Waals surface area (Å²) < 4.78 is 37.3. The molecule has 0 unspecified atom stereocenters. The first-order chi connectivity index (χ1) is 6.80. The minimum Gasteiger partial charge on any atom is -0.481 e. The van der Waals surface area contributed by atoms with E-state index in [0.717, 1.165) is 6.07 Å². The van der Waals surface area contributed by atoms with E-state index >= 15 is 0 Å². The summed E-state index contributed by atoms with van der Waals surface area (Å²) in [6, 6.07) is 3.52. The van der Waals surface area contributed by atoms with E-state index in [9.17, 15) is 18.0 Å². The van der Waals surface area contributed by atoms with Crippen molar-refractivity contribution < 1.29 is 23.1 Å². The Bertz CT molecular complexity index is 387. The number of aliphatic carboxylic acids is 1. The summed E-state index contributed by atoms with van der Waals surface area (Å²) in [7, 11) is 0. The van der Waals surface area contributed by atoms with Gasteiger partial charge in [0.1, 0.15) is 0 Å². The molecular formula is C9H6F3IO2. The molecule has 1 rings (SSSR count). The maximum atomic E-state index is 12.4. The molecule has 1 aromatic rings. The van der Waals surface area contributed by atoms with Crippen LogP contribution in [0, 0.1) is 3.57 Å². The molecule has 1 aromatic carbocycles. The van der Waals surface area contributed by atoms with E-state index in [-0.39, 0.29) is 9.13 Å². The fraction of sp³-hybridized carbons (Fsp3) is 0.222. The predicted octanol–water partition coefficient (Wildman–Crippen LogP) is 2.94. The topological polar surface area (TPSA) is 37.3 Å². The van der Waals surface area contributed by atoms with Crippen molar-refractivity contribution in [2.45, 2.75) is 12.6 Å². The van der Waals surface area contributed by atoms with E-state index in [0.29, 0.717) is 0 Å². The molecule has 0 saturated heterocycles. The van der Waals surface area contributed by atoms with Crippen LogP contribution in [0.25, 0.3) is 0 Å². The molecule has 82 valence electrons. The normalized spacial score (nSPS) is 11.5. The average molecular weight is 330 g/mol. The average Bonchev–Trinajstić information content (AvgIpc) is 2.05. The van der Waals surface area contributed by atoms with Crippen LogP contribution < -0.4 is 0 Å². The monoisotopic (exact) mass is 330 g/mol. The summed E-state index contributed by atoms with van der Waals surface area (Å²) in [6.45, 7) is 0. The Morgan fingerprint density at radius 2 is 2.00 bits per heavy atom. The minimum absolute atomic E-state index is 0.0641. The van der Waals surface area contributed by atoms with Crippen molar-refractivity contribution in [3.63, 3.8) is 0 Å². The molecule has 15 heavy (non-hydrogen) atoms. The third-order valence-electron chi connectivity index (χ3n) is 1.69. The lowest BCUT2D eigenvalue weighted by molar-refractivity contribution is -0.139. The number of hydrogen-bond acceptors (Lipinski definition) is 1. The second-order valence-corrected chi connectivity index (χ2v) is 4.04. The van der Waals surface area contributed by atoms with E-state index in [1.807, 2.05) is 0 Å². The van der Waals surface area contributed by atoms with Gasteiger partial charge in [-0.3, -0.25) is 4.79 Å². The van der Waals surface area contributed by atoms with Crippen molar-refractivity contribution >= 4 is 28.6 Å². The van der Waals surface area contributed by atoms with E-state index in [2.05, 4.69) is 0 Å². The third kappa shape index (κ3) is 3.37. The van der Waals surface area contributed by atoms with E-state index in [4.69, 9.17) is 5.11 Å². The highest BCUT2D eigenvalue weighted by molar-refractivity contribution is 14.1. The van der Waals surface area contributed by atoms with E-state index in [1.54, 1.807) is 22.6 Å². The highest BCUT2D eigenvalue weighted by atomic mass is 127. The minimum atomic E-state index is -4.44. The molecule has 0 heterocycles. The van der Waals surface area contributed by atoms with Crippen molar-refractivity contribution in [2.24, 2.45) is 0 Å². The highest BCUT2D eigenvalue weighted by Crippen LogP contribution is 2.33. The Hall–Kier alpha value is -0.790. The van der Waals surface area contributed by atoms with Crippen molar-refractivity contribution in [1.29, 1.82) is 0 Å². The van der Waals surface area contributed by atoms with E-state index < -0.39 is 24.1 Å². The zero-order valence-corrected chi connectivity index (χ0v) is 9.46. The molecular weight excluding hydrogens is 324 g/mol. The first-order valence-corrected chi connectivity index (χ1v) is 4.96. The predicted molar refractivity (Wildman–Crippen MR) is 55.5 cm³/mol. The van der Waals surface area contributed by atoms with Gasteiger partial charge in [-0.1, -0.05) is 6.07 Å². The van der Waals surface area contributed by atoms with Crippen molar-refractivity contribution in [3.05, 3.63) is 32.9 Å². The molecule has 0 radical (unpaired) electrons. The zero-order chi connectivity index (χ0) is 11.6. The Labute approximate surface area is 97.2 Å². The maximum Gasteiger partial charge on any atom is 0.417 e. The van der Waals surface area contributed by atoms with Crippen LogP contribution in [0.2, 0.25) is 0 Å².